The van der Waals surface area contributed by atoms with Crippen molar-refractivity contribution in [3.8, 4) is 6.07 Å². The summed E-state index contributed by atoms with van der Waals surface area (Å²) in [7, 11) is 2.01. The molecule has 0 fully saturated rings. The van der Waals surface area contributed by atoms with E-state index in [4.69, 9.17) is 5.26 Å². The smallest absolute Gasteiger partial charge is 0.225 e. The van der Waals surface area contributed by atoms with E-state index in [1.54, 1.807) is 18.2 Å². The second kappa shape index (κ2) is 8.28. The topological polar surface area (TPSA) is 56.1 Å². The molecule has 124 valence electrons. The average Bonchev–Trinajstić information content (AvgIpc) is 2.56. The van der Waals surface area contributed by atoms with Gasteiger partial charge in [-0.05, 0) is 44.2 Å². The van der Waals surface area contributed by atoms with Gasteiger partial charge in [0.1, 0.15) is 6.07 Å². The number of aryl methyl sites for hydroxylation is 2. The first-order valence-corrected chi connectivity index (χ1v) is 8.03. The van der Waals surface area contributed by atoms with Crippen LogP contribution in [-0.4, -0.2) is 24.4 Å². The Morgan fingerprint density at radius 3 is 2.67 bits per heavy atom. The van der Waals surface area contributed by atoms with Crippen LogP contribution in [-0.2, 0) is 11.3 Å². The van der Waals surface area contributed by atoms with Gasteiger partial charge in [-0.15, -0.1) is 0 Å². The number of amides is 1. The van der Waals surface area contributed by atoms with E-state index in [2.05, 4.69) is 48.3 Å². The first kappa shape index (κ1) is 17.7. The maximum Gasteiger partial charge on any atom is 0.225 e. The van der Waals surface area contributed by atoms with Crippen molar-refractivity contribution in [1.82, 2.24) is 4.90 Å². The first-order chi connectivity index (χ1) is 11.5. The lowest BCUT2D eigenvalue weighted by Crippen LogP contribution is -2.24. The van der Waals surface area contributed by atoms with Crippen LogP contribution < -0.4 is 5.32 Å². The maximum absolute atomic E-state index is 12.1. The van der Waals surface area contributed by atoms with Gasteiger partial charge in [0.25, 0.3) is 0 Å². The lowest BCUT2D eigenvalue weighted by molar-refractivity contribution is -0.116. The molecular formula is C20H23N3O. The molecule has 24 heavy (non-hydrogen) atoms. The Kier molecular flexibility index (Phi) is 6.11. The number of carbonyl (C=O) groups is 1. The molecule has 0 spiro atoms. The van der Waals surface area contributed by atoms with Crippen LogP contribution in [0.1, 0.15) is 28.7 Å². The van der Waals surface area contributed by atoms with Crippen molar-refractivity contribution < 1.29 is 4.79 Å². The third-order valence-electron chi connectivity index (χ3n) is 3.98. The van der Waals surface area contributed by atoms with Crippen LogP contribution in [0.2, 0.25) is 0 Å². The van der Waals surface area contributed by atoms with Crippen molar-refractivity contribution in [1.29, 1.82) is 5.26 Å². The molecule has 0 unspecified atom stereocenters. The minimum absolute atomic E-state index is 0.0785. The van der Waals surface area contributed by atoms with Gasteiger partial charge in [-0.25, -0.2) is 0 Å². The number of hydrogen-bond donors (Lipinski definition) is 1. The van der Waals surface area contributed by atoms with Crippen LogP contribution in [0.25, 0.3) is 0 Å². The number of nitrogens with one attached hydrogen (secondary N) is 1. The molecule has 0 aliphatic carbocycles. The van der Waals surface area contributed by atoms with Crippen LogP contribution >= 0.6 is 0 Å². The van der Waals surface area contributed by atoms with E-state index in [-0.39, 0.29) is 5.91 Å². The Hall–Kier alpha value is -2.64. The highest BCUT2D eigenvalue weighted by Gasteiger charge is 2.09. The number of benzene rings is 2. The van der Waals surface area contributed by atoms with Crippen LogP contribution in [0, 0.1) is 25.2 Å². The molecule has 0 bridgehead atoms. The lowest BCUT2D eigenvalue weighted by atomic mass is 10.1. The average molecular weight is 321 g/mol. The Balaban J connectivity index is 1.86. The molecule has 0 radical (unpaired) electrons. The maximum atomic E-state index is 12.1. The van der Waals surface area contributed by atoms with Gasteiger partial charge in [0.2, 0.25) is 5.91 Å². The number of para-hydroxylation sites is 1. The van der Waals surface area contributed by atoms with E-state index >= 15 is 0 Å². The highest BCUT2D eigenvalue weighted by Crippen LogP contribution is 2.15. The first-order valence-electron chi connectivity index (χ1n) is 8.03. The molecule has 1 amide bonds. The van der Waals surface area contributed by atoms with Crippen molar-refractivity contribution in [3.63, 3.8) is 0 Å². The highest BCUT2D eigenvalue weighted by molar-refractivity contribution is 5.92. The summed E-state index contributed by atoms with van der Waals surface area (Å²) in [6.07, 6.45) is 0.390. The second-order valence-electron chi connectivity index (χ2n) is 6.12. The molecule has 2 aromatic rings. The number of rotatable bonds is 6. The SMILES string of the molecule is Cc1ccc(CN(C)CCC(=O)Nc2ccccc2C#N)c(C)c1. The minimum Gasteiger partial charge on any atom is -0.325 e. The summed E-state index contributed by atoms with van der Waals surface area (Å²) in [5, 5.41) is 11.9. The monoisotopic (exact) mass is 321 g/mol. The fourth-order valence-electron chi connectivity index (χ4n) is 2.59. The van der Waals surface area contributed by atoms with Gasteiger partial charge < -0.3 is 10.2 Å². The summed E-state index contributed by atoms with van der Waals surface area (Å²) < 4.78 is 0. The molecule has 0 saturated heterocycles. The molecule has 0 aromatic heterocycles. The van der Waals surface area contributed by atoms with E-state index in [0.29, 0.717) is 24.2 Å². The standard InChI is InChI=1S/C20H23N3O/c1-15-8-9-18(16(2)12-15)14-23(3)11-10-20(24)22-19-7-5-4-6-17(19)13-21/h4-9,12H,10-11,14H2,1-3H3,(H,22,24). The fourth-order valence-corrected chi connectivity index (χ4v) is 2.59. The molecule has 2 aromatic carbocycles. The quantitative estimate of drug-likeness (QED) is 0.884. The number of nitrogens with zero attached hydrogens (tertiary/aromatic N) is 2. The van der Waals surface area contributed by atoms with E-state index in [1.165, 1.54) is 16.7 Å². The predicted molar refractivity (Wildman–Crippen MR) is 96.7 cm³/mol. The summed E-state index contributed by atoms with van der Waals surface area (Å²) >= 11 is 0. The third kappa shape index (κ3) is 4.94. The second-order valence-corrected chi connectivity index (χ2v) is 6.12. The largest absolute Gasteiger partial charge is 0.325 e. The molecule has 2 rings (SSSR count). The zero-order valence-corrected chi connectivity index (χ0v) is 14.5. The molecule has 0 heterocycles. The zero-order chi connectivity index (χ0) is 17.5. The van der Waals surface area contributed by atoms with Crippen LogP contribution in [0.4, 0.5) is 5.69 Å². The molecular weight excluding hydrogens is 298 g/mol. The molecule has 0 atom stereocenters. The Morgan fingerprint density at radius 1 is 1.21 bits per heavy atom. The molecule has 4 nitrogen and oxygen atoms in total. The lowest BCUT2D eigenvalue weighted by Gasteiger charge is -2.18. The number of hydrogen-bond acceptors (Lipinski definition) is 3. The Bertz CT molecular complexity index is 762. The van der Waals surface area contributed by atoms with Crippen LogP contribution in [0.15, 0.2) is 42.5 Å². The van der Waals surface area contributed by atoms with Gasteiger partial charge in [-0.1, -0.05) is 35.9 Å². The van der Waals surface area contributed by atoms with Gasteiger partial charge in [-0.3, -0.25) is 4.79 Å². The van der Waals surface area contributed by atoms with Crippen molar-refractivity contribution in [2.24, 2.45) is 0 Å². The van der Waals surface area contributed by atoms with Gasteiger partial charge in [0.05, 0.1) is 11.3 Å². The predicted octanol–water partition coefficient (Wildman–Crippen LogP) is 3.64. The highest BCUT2D eigenvalue weighted by atomic mass is 16.1. The summed E-state index contributed by atoms with van der Waals surface area (Å²) in [6.45, 7) is 5.67. The van der Waals surface area contributed by atoms with E-state index in [0.717, 1.165) is 6.54 Å². The van der Waals surface area contributed by atoms with Crippen LogP contribution in [0.3, 0.4) is 0 Å². The van der Waals surface area contributed by atoms with E-state index in [9.17, 15) is 4.79 Å². The number of carbonyl (C=O) groups excluding carboxylic acids is 1. The Labute approximate surface area is 143 Å². The summed E-state index contributed by atoms with van der Waals surface area (Å²) in [5.41, 5.74) is 4.86. The zero-order valence-electron chi connectivity index (χ0n) is 14.5. The van der Waals surface area contributed by atoms with Crippen molar-refractivity contribution in [3.05, 3.63) is 64.7 Å². The summed E-state index contributed by atoms with van der Waals surface area (Å²) in [5.74, 6) is -0.0785. The van der Waals surface area contributed by atoms with E-state index < -0.39 is 0 Å². The Morgan fingerprint density at radius 2 is 1.96 bits per heavy atom. The van der Waals surface area contributed by atoms with E-state index in [1.807, 2.05) is 13.1 Å². The van der Waals surface area contributed by atoms with Crippen molar-refractivity contribution in [2.75, 3.05) is 18.9 Å². The minimum atomic E-state index is -0.0785. The summed E-state index contributed by atoms with van der Waals surface area (Å²) in [6, 6.07) is 15.5. The fraction of sp³-hybridized carbons (Fsp3) is 0.300. The third-order valence-corrected chi connectivity index (χ3v) is 3.98. The van der Waals surface area contributed by atoms with Gasteiger partial charge in [-0.2, -0.15) is 5.26 Å². The van der Waals surface area contributed by atoms with Gasteiger partial charge in [0, 0.05) is 19.5 Å². The van der Waals surface area contributed by atoms with Gasteiger partial charge >= 0.3 is 0 Å². The molecule has 0 aliphatic heterocycles. The number of nitriles is 1. The number of anilines is 1. The normalized spacial score (nSPS) is 10.5. The van der Waals surface area contributed by atoms with Gasteiger partial charge in [0.15, 0.2) is 0 Å². The molecule has 0 saturated carbocycles. The van der Waals surface area contributed by atoms with Crippen molar-refractivity contribution in [2.45, 2.75) is 26.8 Å². The van der Waals surface area contributed by atoms with Crippen molar-refractivity contribution >= 4 is 11.6 Å². The van der Waals surface area contributed by atoms with Crippen LogP contribution in [0.5, 0.6) is 0 Å². The molecule has 1 N–H and O–H groups in total. The molecule has 0 aliphatic rings. The summed E-state index contributed by atoms with van der Waals surface area (Å²) in [4.78, 5) is 14.2. The molecule has 4 heteroatoms.